The Morgan fingerprint density at radius 3 is 1.82 bits per heavy atom. The van der Waals surface area contributed by atoms with Gasteiger partial charge in [-0.15, -0.1) is 0 Å². The number of rotatable bonds is 5. The molecule has 1 amide bonds. The van der Waals surface area contributed by atoms with Gasteiger partial charge in [0.2, 0.25) is 5.91 Å². The Labute approximate surface area is 108 Å². The Bertz CT molecular complexity index is 238. The second-order valence-corrected chi connectivity index (χ2v) is 7.13. The second-order valence-electron chi connectivity index (χ2n) is 7.13. The molecular formula is C15H31NO. The lowest BCUT2D eigenvalue weighted by atomic mass is 9.73. The molecule has 0 heterocycles. The van der Waals surface area contributed by atoms with Crippen LogP contribution in [0, 0.1) is 23.2 Å². The van der Waals surface area contributed by atoms with E-state index in [0.717, 1.165) is 6.42 Å². The lowest BCUT2D eigenvalue weighted by Crippen LogP contribution is -2.44. The van der Waals surface area contributed by atoms with Gasteiger partial charge in [0.05, 0.1) is 0 Å². The molecule has 0 saturated carbocycles. The number of carbonyl (C=O) groups excluding carboxylic acids is 1. The van der Waals surface area contributed by atoms with E-state index in [1.165, 1.54) is 0 Å². The van der Waals surface area contributed by atoms with Crippen LogP contribution in [0.4, 0.5) is 0 Å². The van der Waals surface area contributed by atoms with Crippen molar-refractivity contribution in [2.75, 3.05) is 0 Å². The highest BCUT2D eigenvalue weighted by Crippen LogP contribution is 2.32. The van der Waals surface area contributed by atoms with E-state index in [9.17, 15) is 4.79 Å². The fraction of sp³-hybridized carbons (Fsp3) is 0.933. The average Bonchev–Trinajstić information content (AvgIpc) is 1.95. The van der Waals surface area contributed by atoms with Gasteiger partial charge in [-0.25, -0.2) is 0 Å². The van der Waals surface area contributed by atoms with E-state index in [-0.39, 0.29) is 23.3 Å². The monoisotopic (exact) mass is 241 g/mol. The summed E-state index contributed by atoms with van der Waals surface area (Å²) in [6.07, 6.45) is 1.04. The first-order valence-corrected chi connectivity index (χ1v) is 6.86. The topological polar surface area (TPSA) is 29.1 Å². The minimum absolute atomic E-state index is 0.0236. The van der Waals surface area contributed by atoms with E-state index in [4.69, 9.17) is 0 Å². The summed E-state index contributed by atoms with van der Waals surface area (Å²) in [7, 11) is 0. The highest BCUT2D eigenvalue weighted by atomic mass is 16.2. The van der Waals surface area contributed by atoms with Crippen molar-refractivity contribution >= 4 is 5.91 Å². The molecule has 2 heteroatoms. The van der Waals surface area contributed by atoms with Crippen molar-refractivity contribution in [3.63, 3.8) is 0 Å². The number of nitrogens with one attached hydrogen (secondary N) is 1. The lowest BCUT2D eigenvalue weighted by molar-refractivity contribution is -0.130. The standard InChI is InChI=1S/C15H31NO/c1-10(2)9-12(5)16-14(17)13(11(3)4)15(6,7)8/h10-13H,9H2,1-8H3,(H,16,17)/t12-,13+/m0/s1. The first-order chi connectivity index (χ1) is 7.55. The first kappa shape index (κ1) is 16.5. The molecule has 0 spiro atoms. The molecule has 0 aliphatic rings. The van der Waals surface area contributed by atoms with Gasteiger partial charge in [0, 0.05) is 12.0 Å². The second kappa shape index (κ2) is 6.42. The summed E-state index contributed by atoms with van der Waals surface area (Å²) >= 11 is 0. The fourth-order valence-electron chi connectivity index (χ4n) is 2.79. The quantitative estimate of drug-likeness (QED) is 0.778. The molecule has 0 radical (unpaired) electrons. The molecule has 0 aliphatic heterocycles. The third-order valence-electron chi connectivity index (χ3n) is 3.10. The van der Waals surface area contributed by atoms with Gasteiger partial charge >= 0.3 is 0 Å². The smallest absolute Gasteiger partial charge is 0.224 e. The van der Waals surface area contributed by atoms with Crippen LogP contribution >= 0.6 is 0 Å². The minimum Gasteiger partial charge on any atom is -0.353 e. The van der Waals surface area contributed by atoms with Crippen LogP contribution in [0.15, 0.2) is 0 Å². The lowest BCUT2D eigenvalue weighted by Gasteiger charge is -2.33. The van der Waals surface area contributed by atoms with Gasteiger partial charge in [0.1, 0.15) is 0 Å². The molecule has 0 fully saturated rings. The fourth-order valence-corrected chi connectivity index (χ4v) is 2.79. The van der Waals surface area contributed by atoms with E-state index in [1.807, 2.05) is 0 Å². The Morgan fingerprint density at radius 1 is 1.06 bits per heavy atom. The van der Waals surface area contributed by atoms with Crippen LogP contribution in [-0.4, -0.2) is 11.9 Å². The van der Waals surface area contributed by atoms with E-state index in [0.29, 0.717) is 11.8 Å². The van der Waals surface area contributed by atoms with Gasteiger partial charge in [0.25, 0.3) is 0 Å². The highest BCUT2D eigenvalue weighted by Gasteiger charge is 2.34. The molecule has 0 aromatic carbocycles. The van der Waals surface area contributed by atoms with Gasteiger partial charge in [-0.3, -0.25) is 4.79 Å². The van der Waals surface area contributed by atoms with Crippen molar-refractivity contribution in [3.8, 4) is 0 Å². The molecule has 2 nitrogen and oxygen atoms in total. The molecule has 0 unspecified atom stereocenters. The molecule has 2 atom stereocenters. The molecule has 17 heavy (non-hydrogen) atoms. The van der Waals surface area contributed by atoms with Crippen LogP contribution < -0.4 is 5.32 Å². The molecule has 102 valence electrons. The summed E-state index contributed by atoms with van der Waals surface area (Å²) < 4.78 is 0. The summed E-state index contributed by atoms with van der Waals surface area (Å²) in [6.45, 7) is 17.2. The number of amides is 1. The Hall–Kier alpha value is -0.530. The molecule has 0 saturated heterocycles. The van der Waals surface area contributed by atoms with Crippen LogP contribution in [0.25, 0.3) is 0 Å². The van der Waals surface area contributed by atoms with E-state index in [2.05, 4.69) is 60.7 Å². The van der Waals surface area contributed by atoms with Crippen molar-refractivity contribution in [1.29, 1.82) is 0 Å². The van der Waals surface area contributed by atoms with Crippen LogP contribution in [0.5, 0.6) is 0 Å². The maximum atomic E-state index is 12.3. The summed E-state index contributed by atoms with van der Waals surface area (Å²) in [5.41, 5.74) is 0.0236. The average molecular weight is 241 g/mol. The maximum absolute atomic E-state index is 12.3. The van der Waals surface area contributed by atoms with Crippen LogP contribution in [0.3, 0.4) is 0 Å². The molecule has 0 aromatic rings. The van der Waals surface area contributed by atoms with Crippen molar-refractivity contribution < 1.29 is 4.79 Å². The van der Waals surface area contributed by atoms with E-state index < -0.39 is 0 Å². The Kier molecular flexibility index (Phi) is 6.22. The third kappa shape index (κ3) is 6.09. The van der Waals surface area contributed by atoms with E-state index in [1.54, 1.807) is 0 Å². The summed E-state index contributed by atoms with van der Waals surface area (Å²) in [6, 6.07) is 0.270. The molecule has 0 aliphatic carbocycles. The van der Waals surface area contributed by atoms with Gasteiger partial charge in [-0.2, -0.15) is 0 Å². The van der Waals surface area contributed by atoms with Crippen molar-refractivity contribution in [1.82, 2.24) is 5.32 Å². The molecule has 1 N–H and O–H groups in total. The van der Waals surface area contributed by atoms with Gasteiger partial charge < -0.3 is 5.32 Å². The Balaban J connectivity index is 4.55. The normalized spacial score (nSPS) is 16.1. The van der Waals surface area contributed by atoms with E-state index >= 15 is 0 Å². The van der Waals surface area contributed by atoms with Gasteiger partial charge in [-0.1, -0.05) is 48.5 Å². The zero-order valence-electron chi connectivity index (χ0n) is 12.9. The number of hydrogen-bond donors (Lipinski definition) is 1. The minimum atomic E-state index is 0.0236. The molecule has 0 aromatic heterocycles. The molecule has 0 bridgehead atoms. The van der Waals surface area contributed by atoms with Crippen molar-refractivity contribution in [3.05, 3.63) is 0 Å². The van der Waals surface area contributed by atoms with Gasteiger partial charge in [-0.05, 0) is 30.6 Å². The highest BCUT2D eigenvalue weighted by molar-refractivity contribution is 5.79. The van der Waals surface area contributed by atoms with Crippen LogP contribution in [-0.2, 0) is 4.79 Å². The maximum Gasteiger partial charge on any atom is 0.224 e. The zero-order chi connectivity index (χ0) is 13.8. The number of hydrogen-bond acceptors (Lipinski definition) is 1. The van der Waals surface area contributed by atoms with Crippen LogP contribution in [0.2, 0.25) is 0 Å². The van der Waals surface area contributed by atoms with Crippen molar-refractivity contribution in [2.45, 2.75) is 67.9 Å². The summed E-state index contributed by atoms with van der Waals surface area (Å²) in [5, 5.41) is 3.16. The largest absolute Gasteiger partial charge is 0.353 e. The SMILES string of the molecule is CC(C)C[C@H](C)NC(=O)[C@@H](C(C)C)C(C)(C)C. The first-order valence-electron chi connectivity index (χ1n) is 6.86. The Morgan fingerprint density at radius 2 is 1.53 bits per heavy atom. The molecular weight excluding hydrogens is 210 g/mol. The zero-order valence-corrected chi connectivity index (χ0v) is 12.9. The predicted molar refractivity (Wildman–Crippen MR) is 74.8 cm³/mol. The van der Waals surface area contributed by atoms with Crippen molar-refractivity contribution in [2.24, 2.45) is 23.2 Å². The van der Waals surface area contributed by atoms with Gasteiger partial charge in [0.15, 0.2) is 0 Å². The number of carbonyl (C=O) groups is 1. The molecule has 0 rings (SSSR count). The third-order valence-corrected chi connectivity index (χ3v) is 3.10. The predicted octanol–water partition coefficient (Wildman–Crippen LogP) is 3.86. The summed E-state index contributed by atoms with van der Waals surface area (Å²) in [4.78, 5) is 12.3. The summed E-state index contributed by atoms with van der Waals surface area (Å²) in [5.74, 6) is 1.29. The van der Waals surface area contributed by atoms with Crippen LogP contribution in [0.1, 0.15) is 61.8 Å².